The summed E-state index contributed by atoms with van der Waals surface area (Å²) in [5.74, 6) is -0.693. The number of anilines is 1. The Morgan fingerprint density at radius 2 is 1.79 bits per heavy atom. The topological polar surface area (TPSA) is 49.4 Å². The lowest BCUT2D eigenvalue weighted by Crippen LogP contribution is -2.40. The fourth-order valence-corrected chi connectivity index (χ4v) is 3.37. The Labute approximate surface area is 177 Å². The first-order valence-electron chi connectivity index (χ1n) is 10.1. The zero-order valence-electron chi connectivity index (χ0n) is 17.0. The van der Waals surface area contributed by atoms with E-state index >= 15 is 0 Å². The maximum Gasteiger partial charge on any atom is 0.259 e. The van der Waals surface area contributed by atoms with Gasteiger partial charge < -0.3 is 10.2 Å². The van der Waals surface area contributed by atoms with Crippen LogP contribution in [-0.2, 0) is 4.79 Å². The number of nitrogens with zero attached hydrogens (tertiary/aromatic N) is 1. The van der Waals surface area contributed by atoms with E-state index in [1.807, 2.05) is 6.92 Å². The van der Waals surface area contributed by atoms with Crippen molar-refractivity contribution >= 4 is 29.1 Å². The van der Waals surface area contributed by atoms with Gasteiger partial charge in [-0.25, -0.2) is 4.39 Å². The molecule has 2 aromatic rings. The number of amides is 2. The first kappa shape index (κ1) is 22.9. The van der Waals surface area contributed by atoms with Crippen molar-refractivity contribution in [3.05, 3.63) is 64.9 Å². The summed E-state index contributed by atoms with van der Waals surface area (Å²) in [5, 5.41) is 3.28. The van der Waals surface area contributed by atoms with Crippen molar-refractivity contribution < 1.29 is 14.0 Å². The van der Waals surface area contributed by atoms with Crippen molar-refractivity contribution in [2.24, 2.45) is 5.92 Å². The Morgan fingerprint density at radius 1 is 1.10 bits per heavy atom. The van der Waals surface area contributed by atoms with Gasteiger partial charge in [0.1, 0.15) is 5.82 Å². The van der Waals surface area contributed by atoms with Crippen LogP contribution < -0.4 is 10.2 Å². The van der Waals surface area contributed by atoms with Gasteiger partial charge in [-0.3, -0.25) is 9.59 Å². The minimum atomic E-state index is -0.381. The number of unbranched alkanes of at least 4 members (excludes halogenated alkanes) is 1. The van der Waals surface area contributed by atoms with E-state index in [2.05, 4.69) is 12.2 Å². The minimum Gasteiger partial charge on any atom is -0.354 e. The highest BCUT2D eigenvalue weighted by molar-refractivity contribution is 6.34. The van der Waals surface area contributed by atoms with Crippen molar-refractivity contribution in [3.63, 3.8) is 0 Å². The number of nitrogens with one attached hydrogen (secondary N) is 1. The summed E-state index contributed by atoms with van der Waals surface area (Å²) in [6.45, 7) is 4.66. The summed E-state index contributed by atoms with van der Waals surface area (Å²) in [6, 6.07) is 12.5. The molecule has 156 valence electrons. The molecule has 0 spiro atoms. The number of benzene rings is 2. The first-order chi connectivity index (χ1) is 14.0. The quantitative estimate of drug-likeness (QED) is 0.557. The van der Waals surface area contributed by atoms with E-state index in [0.29, 0.717) is 22.8 Å². The highest BCUT2D eigenvalue weighted by atomic mass is 35.5. The summed E-state index contributed by atoms with van der Waals surface area (Å²) in [7, 11) is 0. The molecule has 29 heavy (non-hydrogen) atoms. The Balaban J connectivity index is 2.12. The molecule has 0 heterocycles. The van der Waals surface area contributed by atoms with Gasteiger partial charge in [0.2, 0.25) is 5.91 Å². The lowest BCUT2D eigenvalue weighted by atomic mass is 9.98. The zero-order chi connectivity index (χ0) is 21.2. The number of carbonyl (C=O) groups excluding carboxylic acids is 2. The fourth-order valence-electron chi connectivity index (χ4n) is 3.16. The average Bonchev–Trinajstić information content (AvgIpc) is 2.72. The Morgan fingerprint density at radius 3 is 2.41 bits per heavy atom. The molecule has 0 radical (unpaired) electrons. The monoisotopic (exact) mass is 418 g/mol. The van der Waals surface area contributed by atoms with Gasteiger partial charge in [0.05, 0.1) is 10.6 Å². The minimum absolute atomic E-state index is 0.00481. The van der Waals surface area contributed by atoms with E-state index in [4.69, 9.17) is 11.6 Å². The molecule has 0 bridgehead atoms. The van der Waals surface area contributed by atoms with Gasteiger partial charge in [-0.15, -0.1) is 0 Å². The van der Waals surface area contributed by atoms with Crippen LogP contribution in [0.3, 0.4) is 0 Å². The van der Waals surface area contributed by atoms with Crippen LogP contribution in [0.25, 0.3) is 0 Å². The zero-order valence-corrected chi connectivity index (χ0v) is 17.7. The summed E-state index contributed by atoms with van der Waals surface area (Å²) >= 11 is 6.19. The van der Waals surface area contributed by atoms with Gasteiger partial charge in [-0.05, 0) is 49.2 Å². The first-order valence-corrected chi connectivity index (χ1v) is 10.4. The third-order valence-corrected chi connectivity index (χ3v) is 5.22. The second-order valence-electron chi connectivity index (χ2n) is 6.95. The normalized spacial score (nSPS) is 11.7. The van der Waals surface area contributed by atoms with Gasteiger partial charge in [0.25, 0.3) is 5.91 Å². The summed E-state index contributed by atoms with van der Waals surface area (Å²) in [5.41, 5.74) is 0.905. The molecule has 0 aliphatic heterocycles. The second-order valence-corrected chi connectivity index (χ2v) is 7.36. The molecule has 0 aromatic heterocycles. The predicted octanol–water partition coefficient (Wildman–Crippen LogP) is 5.46. The van der Waals surface area contributed by atoms with Crippen LogP contribution in [0.2, 0.25) is 5.02 Å². The molecule has 4 nitrogen and oxygen atoms in total. The van der Waals surface area contributed by atoms with Crippen molar-refractivity contribution in [3.8, 4) is 0 Å². The van der Waals surface area contributed by atoms with Crippen LogP contribution in [0.1, 0.15) is 49.9 Å². The number of hydrogen-bond acceptors (Lipinski definition) is 2. The smallest absolute Gasteiger partial charge is 0.259 e. The van der Waals surface area contributed by atoms with Crippen LogP contribution in [0.5, 0.6) is 0 Å². The third-order valence-electron chi connectivity index (χ3n) is 4.89. The van der Waals surface area contributed by atoms with E-state index in [9.17, 15) is 14.0 Å². The fraction of sp³-hybridized carbons (Fsp3) is 0.391. The molecule has 0 fully saturated rings. The van der Waals surface area contributed by atoms with E-state index in [0.717, 1.165) is 25.7 Å². The van der Waals surface area contributed by atoms with Crippen LogP contribution in [0, 0.1) is 11.7 Å². The van der Waals surface area contributed by atoms with Crippen molar-refractivity contribution in [2.45, 2.75) is 39.5 Å². The maximum atomic E-state index is 13.3. The highest BCUT2D eigenvalue weighted by Crippen LogP contribution is 2.22. The predicted molar refractivity (Wildman–Crippen MR) is 116 cm³/mol. The molecule has 0 saturated heterocycles. The standard InChI is InChI=1S/C23H28ClFN2O2/c1-3-5-8-17(4-2)22(28)26-15-16-27(19-13-11-18(25)12-14-19)23(29)20-9-6-7-10-21(20)24/h6-7,9-14,17H,3-5,8,15-16H2,1-2H3,(H,26,28). The van der Waals surface area contributed by atoms with E-state index < -0.39 is 0 Å². The van der Waals surface area contributed by atoms with Crippen LogP contribution in [-0.4, -0.2) is 24.9 Å². The van der Waals surface area contributed by atoms with E-state index in [1.54, 1.807) is 36.4 Å². The Kier molecular flexibility index (Phi) is 9.13. The molecule has 0 saturated carbocycles. The third kappa shape index (κ3) is 6.57. The summed E-state index contributed by atoms with van der Waals surface area (Å²) < 4.78 is 13.3. The molecular formula is C23H28ClFN2O2. The molecule has 2 amide bonds. The number of hydrogen-bond donors (Lipinski definition) is 1. The van der Waals surface area contributed by atoms with Crippen molar-refractivity contribution in [1.29, 1.82) is 0 Å². The number of halogens is 2. The van der Waals surface area contributed by atoms with Crippen molar-refractivity contribution in [1.82, 2.24) is 5.32 Å². The number of rotatable bonds is 10. The van der Waals surface area contributed by atoms with E-state index in [1.165, 1.54) is 17.0 Å². The van der Waals surface area contributed by atoms with E-state index in [-0.39, 0.29) is 30.1 Å². The molecule has 2 aromatic carbocycles. The molecular weight excluding hydrogens is 391 g/mol. The Hall–Kier alpha value is -2.40. The van der Waals surface area contributed by atoms with Crippen LogP contribution >= 0.6 is 11.6 Å². The summed E-state index contributed by atoms with van der Waals surface area (Å²) in [4.78, 5) is 27.1. The average molecular weight is 419 g/mol. The van der Waals surface area contributed by atoms with Crippen LogP contribution in [0.4, 0.5) is 10.1 Å². The SMILES string of the molecule is CCCCC(CC)C(=O)NCCN(C(=O)c1ccccc1Cl)c1ccc(F)cc1. The molecule has 0 aliphatic rings. The maximum absolute atomic E-state index is 13.3. The van der Waals surface area contributed by atoms with Gasteiger partial charge >= 0.3 is 0 Å². The lowest BCUT2D eigenvalue weighted by molar-refractivity contribution is -0.125. The molecule has 2 rings (SSSR count). The summed E-state index contributed by atoms with van der Waals surface area (Å²) in [6.07, 6.45) is 3.71. The molecule has 6 heteroatoms. The second kappa shape index (κ2) is 11.6. The van der Waals surface area contributed by atoms with Crippen LogP contribution in [0.15, 0.2) is 48.5 Å². The Bertz CT molecular complexity index is 811. The molecule has 1 unspecified atom stereocenters. The molecule has 0 aliphatic carbocycles. The van der Waals surface area contributed by atoms with Gasteiger partial charge in [-0.1, -0.05) is 50.4 Å². The largest absolute Gasteiger partial charge is 0.354 e. The van der Waals surface area contributed by atoms with Gasteiger partial charge in [-0.2, -0.15) is 0 Å². The highest BCUT2D eigenvalue weighted by Gasteiger charge is 2.21. The molecule has 1 N–H and O–H groups in total. The van der Waals surface area contributed by atoms with Crippen molar-refractivity contribution in [2.75, 3.05) is 18.0 Å². The van der Waals surface area contributed by atoms with Gasteiger partial charge in [0.15, 0.2) is 0 Å². The lowest BCUT2D eigenvalue weighted by Gasteiger charge is -2.24. The number of carbonyl (C=O) groups is 2. The molecule has 1 atom stereocenters. The van der Waals surface area contributed by atoms with Gasteiger partial charge in [0, 0.05) is 24.7 Å².